The molecule has 0 saturated heterocycles. The zero-order chi connectivity index (χ0) is 25.0. The Morgan fingerprint density at radius 2 is 1.76 bits per heavy atom. The number of amides is 2. The largest absolute Gasteiger partial charge is 0.416 e. The van der Waals surface area contributed by atoms with Crippen LogP contribution >= 0.6 is 11.6 Å². The van der Waals surface area contributed by atoms with Gasteiger partial charge in [0.05, 0.1) is 23.5 Å². The number of carbonyl (C=O) groups excluding carboxylic acids is 2. The molecule has 0 aliphatic carbocycles. The highest BCUT2D eigenvalue weighted by Gasteiger charge is 2.32. The topological polar surface area (TPSA) is 86.9 Å². The van der Waals surface area contributed by atoms with Crippen molar-refractivity contribution in [2.24, 2.45) is 0 Å². The van der Waals surface area contributed by atoms with Crippen LogP contribution in [0, 0.1) is 23.0 Å². The van der Waals surface area contributed by atoms with Crippen LogP contribution in [0.2, 0.25) is 5.02 Å². The monoisotopic (exact) mass is 496 g/mol. The number of nitrogens with one attached hydrogen (secondary N) is 2. The molecule has 2 amide bonds. The molecular weight excluding hydrogens is 483 g/mol. The van der Waals surface area contributed by atoms with Crippen LogP contribution in [0.5, 0.6) is 0 Å². The maximum absolute atomic E-state index is 13.5. The first-order valence-corrected chi connectivity index (χ1v) is 9.85. The lowest BCUT2D eigenvalue weighted by Crippen LogP contribution is -2.34. The average molecular weight is 497 g/mol. The number of halogens is 6. The molecule has 4 rings (SSSR count). The first-order valence-electron chi connectivity index (χ1n) is 9.47. The van der Waals surface area contributed by atoms with E-state index in [1.165, 1.54) is 34.9 Å². The molecule has 0 radical (unpaired) electrons. The fourth-order valence-electron chi connectivity index (χ4n) is 3.05. The van der Waals surface area contributed by atoms with Crippen LogP contribution in [0.4, 0.5) is 27.6 Å². The molecule has 34 heavy (non-hydrogen) atoms. The molecule has 0 spiro atoms. The number of rotatable bonds is 2. The third kappa shape index (κ3) is 5.90. The van der Waals surface area contributed by atoms with Crippen molar-refractivity contribution in [2.45, 2.75) is 19.3 Å². The number of carbonyl (C=O) groups is 2. The van der Waals surface area contributed by atoms with Gasteiger partial charge in [0.2, 0.25) is 5.91 Å². The van der Waals surface area contributed by atoms with Crippen LogP contribution in [0.25, 0.3) is 0 Å². The van der Waals surface area contributed by atoms with Crippen molar-refractivity contribution in [3.63, 3.8) is 0 Å². The van der Waals surface area contributed by atoms with E-state index in [2.05, 4.69) is 10.6 Å². The number of anilines is 1. The number of nitrogens with zero attached hydrogens (tertiary/aromatic N) is 2. The Kier molecular flexibility index (Phi) is 7.22. The van der Waals surface area contributed by atoms with Crippen LogP contribution in [-0.2, 0) is 24.1 Å². The summed E-state index contributed by atoms with van der Waals surface area (Å²) in [7, 11) is 0. The van der Waals surface area contributed by atoms with Gasteiger partial charge in [-0.15, -0.1) is 0 Å². The van der Waals surface area contributed by atoms with Crippen molar-refractivity contribution in [1.29, 1.82) is 5.26 Å². The van der Waals surface area contributed by atoms with Gasteiger partial charge in [-0.1, -0.05) is 11.6 Å². The summed E-state index contributed by atoms with van der Waals surface area (Å²) in [4.78, 5) is 23.7. The summed E-state index contributed by atoms with van der Waals surface area (Å²) in [5, 5.41) is 14.6. The Bertz CT molecular complexity index is 1260. The van der Waals surface area contributed by atoms with E-state index in [0.29, 0.717) is 28.9 Å². The van der Waals surface area contributed by atoms with E-state index in [1.54, 1.807) is 0 Å². The third-order valence-corrected chi connectivity index (χ3v) is 4.87. The van der Waals surface area contributed by atoms with Crippen LogP contribution in [0.1, 0.15) is 27.3 Å². The summed E-state index contributed by atoms with van der Waals surface area (Å²) < 4.78 is 65.2. The Morgan fingerprint density at radius 1 is 1.09 bits per heavy atom. The van der Waals surface area contributed by atoms with E-state index in [-0.39, 0.29) is 36.2 Å². The van der Waals surface area contributed by atoms with E-state index >= 15 is 0 Å². The molecule has 0 bridgehead atoms. The molecule has 2 heterocycles. The molecule has 1 aliphatic rings. The van der Waals surface area contributed by atoms with Gasteiger partial charge in [-0.2, -0.15) is 18.4 Å². The number of benzene rings is 2. The number of hydrogen-bond donors (Lipinski definition) is 2. The zero-order valence-electron chi connectivity index (χ0n) is 17.0. The molecule has 0 unspecified atom stereocenters. The molecule has 1 aliphatic heterocycles. The molecular formula is C22H14ClF5N4O2. The normalized spacial score (nSPS) is 12.6. The molecule has 0 atom stereocenters. The number of nitriles is 1. The number of alkyl halides is 3. The zero-order valence-corrected chi connectivity index (χ0v) is 17.8. The Labute approximate surface area is 194 Å². The van der Waals surface area contributed by atoms with Gasteiger partial charge in [0.15, 0.2) is 0 Å². The maximum atomic E-state index is 13.5. The third-order valence-electron chi connectivity index (χ3n) is 4.62. The first kappa shape index (κ1) is 24.7. The average Bonchev–Trinajstić information content (AvgIpc) is 3.11. The van der Waals surface area contributed by atoms with Gasteiger partial charge in [-0.25, -0.2) is 8.78 Å². The summed E-state index contributed by atoms with van der Waals surface area (Å²) in [5.41, 5.74) is -1.12. The summed E-state index contributed by atoms with van der Waals surface area (Å²) in [6.07, 6.45) is -4.80. The molecule has 2 N–H and O–H groups in total. The maximum Gasteiger partial charge on any atom is 0.416 e. The van der Waals surface area contributed by atoms with Crippen LogP contribution in [0.3, 0.4) is 0 Å². The van der Waals surface area contributed by atoms with Crippen LogP contribution < -0.4 is 10.6 Å². The van der Waals surface area contributed by atoms with E-state index in [0.717, 1.165) is 0 Å². The van der Waals surface area contributed by atoms with E-state index < -0.39 is 29.0 Å². The number of aromatic nitrogens is 1. The second-order valence-corrected chi connectivity index (χ2v) is 7.42. The van der Waals surface area contributed by atoms with Crippen molar-refractivity contribution in [3.05, 3.63) is 87.7 Å². The fraction of sp³-hybridized carbons (Fsp3) is 0.136. The van der Waals surface area contributed by atoms with E-state index in [9.17, 15) is 31.5 Å². The van der Waals surface area contributed by atoms with Gasteiger partial charge < -0.3 is 15.2 Å². The number of fused-ring (bicyclic) bond motifs is 1. The summed E-state index contributed by atoms with van der Waals surface area (Å²) in [5.74, 6) is -2.74. The lowest BCUT2D eigenvalue weighted by molar-refractivity contribution is -0.137. The van der Waals surface area contributed by atoms with Crippen molar-refractivity contribution in [2.75, 3.05) is 5.32 Å². The number of hydrogen-bond acceptors (Lipinski definition) is 3. The summed E-state index contributed by atoms with van der Waals surface area (Å²) in [6, 6.07) is 10.3. The molecule has 3 aromatic rings. The van der Waals surface area contributed by atoms with Crippen LogP contribution in [0.15, 0.2) is 48.5 Å². The predicted octanol–water partition coefficient (Wildman–Crippen LogP) is 4.88. The Hall–Kier alpha value is -3.91. The summed E-state index contributed by atoms with van der Waals surface area (Å²) in [6.45, 7) is -0.0840. The van der Waals surface area contributed by atoms with Gasteiger partial charge in [0.1, 0.15) is 29.9 Å². The SMILES string of the molecule is Fc1ccc(Cl)cc1.N#Cc1cc(NC(=O)c2cc(F)cc(C(F)(F)F)c2)c2n1CC(=O)NC2. The fourth-order valence-corrected chi connectivity index (χ4v) is 3.18. The molecule has 0 fully saturated rings. The van der Waals surface area contributed by atoms with E-state index in [4.69, 9.17) is 16.9 Å². The minimum Gasteiger partial charge on any atom is -0.349 e. The highest BCUT2D eigenvalue weighted by atomic mass is 35.5. The molecule has 1 aromatic heterocycles. The van der Waals surface area contributed by atoms with Gasteiger partial charge in [0.25, 0.3) is 5.91 Å². The predicted molar refractivity (Wildman–Crippen MR) is 112 cm³/mol. The van der Waals surface area contributed by atoms with Gasteiger partial charge >= 0.3 is 6.18 Å². The Morgan fingerprint density at radius 3 is 2.35 bits per heavy atom. The first-order chi connectivity index (χ1) is 16.0. The second kappa shape index (κ2) is 9.93. The van der Waals surface area contributed by atoms with Crippen molar-refractivity contribution < 1.29 is 31.5 Å². The highest BCUT2D eigenvalue weighted by Crippen LogP contribution is 2.31. The molecule has 176 valence electrons. The lowest BCUT2D eigenvalue weighted by atomic mass is 10.1. The second-order valence-electron chi connectivity index (χ2n) is 6.98. The molecule has 12 heteroatoms. The standard InChI is InChI=1S/C16H10F4N4O2.C6H4ClF/c17-10-2-8(1-9(3-10)16(18,19)20)15(26)23-12-4-11(5-21)24-7-14(25)22-6-13(12)24;7-5-1-3-6(8)4-2-5/h1-4H,6-7H2,(H,22,25)(H,23,26);1-4H. The minimum absolute atomic E-state index is 0.0348. The smallest absolute Gasteiger partial charge is 0.349 e. The van der Waals surface area contributed by atoms with E-state index in [1.807, 2.05) is 6.07 Å². The molecule has 2 aromatic carbocycles. The Balaban J connectivity index is 0.000000343. The quantitative estimate of drug-likeness (QED) is 0.496. The van der Waals surface area contributed by atoms with Crippen LogP contribution in [-0.4, -0.2) is 16.4 Å². The van der Waals surface area contributed by atoms with Gasteiger partial charge in [-0.05, 0) is 48.5 Å². The van der Waals surface area contributed by atoms with Crippen molar-refractivity contribution in [3.8, 4) is 6.07 Å². The van der Waals surface area contributed by atoms with Gasteiger partial charge in [-0.3, -0.25) is 9.59 Å². The van der Waals surface area contributed by atoms with Crippen molar-refractivity contribution >= 4 is 29.1 Å². The molecule has 0 saturated carbocycles. The lowest BCUT2D eigenvalue weighted by Gasteiger charge is -2.18. The summed E-state index contributed by atoms with van der Waals surface area (Å²) >= 11 is 5.44. The van der Waals surface area contributed by atoms with Crippen molar-refractivity contribution in [1.82, 2.24) is 9.88 Å². The molecule has 6 nitrogen and oxygen atoms in total. The highest BCUT2D eigenvalue weighted by molar-refractivity contribution is 6.30. The minimum atomic E-state index is -4.80. The van der Waals surface area contributed by atoms with Gasteiger partial charge in [0, 0.05) is 10.6 Å².